The summed E-state index contributed by atoms with van der Waals surface area (Å²) in [6.07, 6.45) is 1.98. The van der Waals surface area contributed by atoms with Crippen molar-refractivity contribution in [2.75, 3.05) is 26.7 Å². The Hall–Kier alpha value is -1.45. The van der Waals surface area contributed by atoms with Crippen molar-refractivity contribution in [3.05, 3.63) is 42.1 Å². The maximum absolute atomic E-state index is 4.51. The second kappa shape index (κ2) is 6.64. The molecule has 3 heteroatoms. The Morgan fingerprint density at radius 1 is 1.32 bits per heavy atom. The van der Waals surface area contributed by atoms with E-state index in [4.69, 9.17) is 0 Å². The SMILES string of the molecule is CCN(C)CCNC(C)c1cnc2ccccc2c1. The number of likely N-dealkylation sites (N-methyl/N-ethyl adjacent to an activating group) is 1. The van der Waals surface area contributed by atoms with Crippen molar-refractivity contribution in [3.8, 4) is 0 Å². The molecule has 0 spiro atoms. The number of nitrogens with zero attached hydrogens (tertiary/aromatic N) is 2. The van der Waals surface area contributed by atoms with Crippen LogP contribution in [0.2, 0.25) is 0 Å². The molecule has 2 rings (SSSR count). The highest BCUT2D eigenvalue weighted by molar-refractivity contribution is 5.78. The lowest BCUT2D eigenvalue weighted by Gasteiger charge is -2.18. The molecule has 0 aliphatic rings. The molecule has 0 aliphatic carbocycles. The second-order valence-corrected chi connectivity index (χ2v) is 5.03. The summed E-state index contributed by atoms with van der Waals surface area (Å²) < 4.78 is 0. The van der Waals surface area contributed by atoms with E-state index in [1.807, 2.05) is 18.3 Å². The van der Waals surface area contributed by atoms with E-state index in [0.29, 0.717) is 6.04 Å². The molecule has 0 saturated heterocycles. The maximum atomic E-state index is 4.51. The Morgan fingerprint density at radius 3 is 2.89 bits per heavy atom. The minimum atomic E-state index is 0.336. The van der Waals surface area contributed by atoms with Gasteiger partial charge in [-0.05, 0) is 38.2 Å². The molecule has 3 nitrogen and oxygen atoms in total. The van der Waals surface area contributed by atoms with Gasteiger partial charge in [0.1, 0.15) is 0 Å². The first-order valence-electron chi connectivity index (χ1n) is 6.97. The molecule has 1 unspecified atom stereocenters. The van der Waals surface area contributed by atoms with Crippen LogP contribution in [0.25, 0.3) is 10.9 Å². The number of hydrogen-bond acceptors (Lipinski definition) is 3. The first-order valence-corrected chi connectivity index (χ1v) is 6.97. The van der Waals surface area contributed by atoms with E-state index >= 15 is 0 Å². The maximum Gasteiger partial charge on any atom is 0.0702 e. The Kier molecular flexibility index (Phi) is 4.88. The number of hydrogen-bond donors (Lipinski definition) is 1. The topological polar surface area (TPSA) is 28.2 Å². The van der Waals surface area contributed by atoms with Gasteiger partial charge in [-0.15, -0.1) is 0 Å². The average molecular weight is 257 g/mol. The van der Waals surface area contributed by atoms with E-state index in [-0.39, 0.29) is 0 Å². The van der Waals surface area contributed by atoms with Crippen LogP contribution in [-0.4, -0.2) is 36.6 Å². The number of fused-ring (bicyclic) bond motifs is 1. The van der Waals surface area contributed by atoms with Gasteiger partial charge in [-0.3, -0.25) is 4.98 Å². The monoisotopic (exact) mass is 257 g/mol. The van der Waals surface area contributed by atoms with E-state index < -0.39 is 0 Å². The van der Waals surface area contributed by atoms with Gasteiger partial charge in [0.05, 0.1) is 5.52 Å². The molecule has 0 bridgehead atoms. The standard InChI is InChI=1S/C16H23N3/c1-4-19(3)10-9-17-13(2)15-11-14-7-5-6-8-16(14)18-12-15/h5-8,11-13,17H,4,9-10H2,1-3H3. The van der Waals surface area contributed by atoms with E-state index in [9.17, 15) is 0 Å². The van der Waals surface area contributed by atoms with Gasteiger partial charge in [0.2, 0.25) is 0 Å². The third kappa shape index (κ3) is 3.75. The van der Waals surface area contributed by atoms with Gasteiger partial charge in [-0.1, -0.05) is 25.1 Å². The van der Waals surface area contributed by atoms with E-state index in [1.165, 1.54) is 10.9 Å². The van der Waals surface area contributed by atoms with E-state index in [0.717, 1.165) is 25.2 Å². The van der Waals surface area contributed by atoms with Crippen molar-refractivity contribution in [2.24, 2.45) is 0 Å². The summed E-state index contributed by atoms with van der Waals surface area (Å²) in [4.78, 5) is 6.82. The number of rotatable bonds is 6. The molecule has 19 heavy (non-hydrogen) atoms. The van der Waals surface area contributed by atoms with Gasteiger partial charge in [-0.2, -0.15) is 0 Å². The first-order chi connectivity index (χ1) is 9.20. The average Bonchev–Trinajstić information content (AvgIpc) is 2.46. The number of pyridine rings is 1. The van der Waals surface area contributed by atoms with Crippen molar-refractivity contribution in [1.29, 1.82) is 0 Å². The molecule has 0 aliphatic heterocycles. The number of nitrogens with one attached hydrogen (secondary N) is 1. The van der Waals surface area contributed by atoms with Gasteiger partial charge in [-0.25, -0.2) is 0 Å². The Morgan fingerprint density at radius 2 is 2.11 bits per heavy atom. The number of aromatic nitrogens is 1. The van der Waals surface area contributed by atoms with Crippen LogP contribution in [-0.2, 0) is 0 Å². The van der Waals surface area contributed by atoms with Crippen molar-refractivity contribution in [3.63, 3.8) is 0 Å². The van der Waals surface area contributed by atoms with Crippen molar-refractivity contribution < 1.29 is 0 Å². The van der Waals surface area contributed by atoms with Crippen LogP contribution in [0.15, 0.2) is 36.5 Å². The summed E-state index contributed by atoms with van der Waals surface area (Å²) in [6.45, 7) is 7.53. The molecular weight excluding hydrogens is 234 g/mol. The molecule has 1 aromatic heterocycles. The van der Waals surface area contributed by atoms with Crippen LogP contribution < -0.4 is 5.32 Å². The zero-order valence-corrected chi connectivity index (χ0v) is 12.1. The van der Waals surface area contributed by atoms with Crippen molar-refractivity contribution in [2.45, 2.75) is 19.9 Å². The fraction of sp³-hybridized carbons (Fsp3) is 0.438. The van der Waals surface area contributed by atoms with Gasteiger partial charge >= 0.3 is 0 Å². The second-order valence-electron chi connectivity index (χ2n) is 5.03. The summed E-state index contributed by atoms with van der Waals surface area (Å²) in [5, 5.41) is 4.75. The lowest BCUT2D eigenvalue weighted by atomic mass is 10.1. The molecule has 1 N–H and O–H groups in total. The van der Waals surface area contributed by atoms with Crippen LogP contribution >= 0.6 is 0 Å². The summed E-state index contributed by atoms with van der Waals surface area (Å²) in [6, 6.07) is 10.8. The molecule has 0 amide bonds. The molecule has 0 radical (unpaired) electrons. The van der Waals surface area contributed by atoms with E-state index in [2.05, 4.69) is 54.3 Å². The molecule has 1 heterocycles. The highest BCUT2D eigenvalue weighted by Gasteiger charge is 2.06. The lowest BCUT2D eigenvalue weighted by Crippen LogP contribution is -2.30. The number of benzene rings is 1. The molecule has 0 saturated carbocycles. The Bertz CT molecular complexity index is 524. The molecule has 1 atom stereocenters. The van der Waals surface area contributed by atoms with Crippen LogP contribution in [0.4, 0.5) is 0 Å². The molecule has 1 aromatic carbocycles. The van der Waals surface area contributed by atoms with Crippen LogP contribution in [0.1, 0.15) is 25.5 Å². The Balaban J connectivity index is 1.99. The highest BCUT2D eigenvalue weighted by atomic mass is 15.1. The zero-order valence-electron chi connectivity index (χ0n) is 12.1. The summed E-state index contributed by atoms with van der Waals surface area (Å²) in [7, 11) is 2.14. The zero-order chi connectivity index (χ0) is 13.7. The van der Waals surface area contributed by atoms with Crippen LogP contribution in [0, 0.1) is 0 Å². The van der Waals surface area contributed by atoms with Crippen molar-refractivity contribution >= 4 is 10.9 Å². The molecule has 102 valence electrons. The molecule has 0 fully saturated rings. The van der Waals surface area contributed by atoms with Crippen molar-refractivity contribution in [1.82, 2.24) is 15.2 Å². The van der Waals surface area contributed by atoms with Gasteiger partial charge in [0.25, 0.3) is 0 Å². The largest absolute Gasteiger partial charge is 0.309 e. The van der Waals surface area contributed by atoms with Crippen LogP contribution in [0.3, 0.4) is 0 Å². The van der Waals surface area contributed by atoms with Gasteiger partial charge in [0.15, 0.2) is 0 Å². The third-order valence-corrected chi connectivity index (χ3v) is 3.60. The Labute approximate surface area is 115 Å². The normalized spacial score (nSPS) is 13.1. The lowest BCUT2D eigenvalue weighted by molar-refractivity contribution is 0.342. The minimum absolute atomic E-state index is 0.336. The molecule has 2 aromatic rings. The third-order valence-electron chi connectivity index (χ3n) is 3.60. The summed E-state index contributed by atoms with van der Waals surface area (Å²) in [5.74, 6) is 0. The predicted octanol–water partition coefficient (Wildman–Crippen LogP) is 2.84. The summed E-state index contributed by atoms with van der Waals surface area (Å²) >= 11 is 0. The molecular formula is C16H23N3. The smallest absolute Gasteiger partial charge is 0.0702 e. The fourth-order valence-electron chi connectivity index (χ4n) is 2.07. The fourth-order valence-corrected chi connectivity index (χ4v) is 2.07. The predicted molar refractivity (Wildman–Crippen MR) is 81.3 cm³/mol. The first kappa shape index (κ1) is 14.0. The van der Waals surface area contributed by atoms with E-state index in [1.54, 1.807) is 0 Å². The van der Waals surface area contributed by atoms with Gasteiger partial charge < -0.3 is 10.2 Å². The quantitative estimate of drug-likeness (QED) is 0.862. The summed E-state index contributed by atoms with van der Waals surface area (Å²) in [5.41, 5.74) is 2.31. The minimum Gasteiger partial charge on any atom is -0.309 e. The highest BCUT2D eigenvalue weighted by Crippen LogP contribution is 2.17. The van der Waals surface area contributed by atoms with Gasteiger partial charge in [0, 0.05) is 30.7 Å². The van der Waals surface area contributed by atoms with Crippen LogP contribution in [0.5, 0.6) is 0 Å². The number of para-hydroxylation sites is 1.